The zero-order chi connectivity index (χ0) is 20.6. The third kappa shape index (κ3) is 6.07. The van der Waals surface area contributed by atoms with E-state index in [4.69, 9.17) is 21.1 Å². The fourth-order valence-corrected chi connectivity index (χ4v) is 3.09. The standard InChI is InChI=1S/C22H18BrClN2O3/c1-28-19-4-2-3-17(12-19)22(27)26-25-13-16-7-10-21(20(23)11-16)29-14-15-5-8-18(24)9-6-15/h2-13H,14H2,1H3,(H,26,27)/b25-13+. The normalized spacial score (nSPS) is 10.7. The molecule has 0 aromatic heterocycles. The van der Waals surface area contributed by atoms with Crippen molar-refractivity contribution in [1.82, 2.24) is 5.43 Å². The van der Waals surface area contributed by atoms with E-state index >= 15 is 0 Å². The highest BCUT2D eigenvalue weighted by molar-refractivity contribution is 9.10. The van der Waals surface area contributed by atoms with E-state index in [0.29, 0.717) is 28.7 Å². The molecule has 1 amide bonds. The van der Waals surface area contributed by atoms with Crippen LogP contribution < -0.4 is 14.9 Å². The summed E-state index contributed by atoms with van der Waals surface area (Å²) in [5.41, 5.74) is 4.80. The maximum absolute atomic E-state index is 12.1. The van der Waals surface area contributed by atoms with E-state index in [0.717, 1.165) is 15.6 Å². The first-order chi connectivity index (χ1) is 14.0. The van der Waals surface area contributed by atoms with Gasteiger partial charge >= 0.3 is 0 Å². The van der Waals surface area contributed by atoms with Crippen molar-refractivity contribution in [3.05, 3.63) is 92.9 Å². The maximum Gasteiger partial charge on any atom is 0.271 e. The molecule has 3 aromatic rings. The summed E-state index contributed by atoms with van der Waals surface area (Å²) in [5.74, 6) is 0.999. The minimum Gasteiger partial charge on any atom is -0.497 e. The van der Waals surface area contributed by atoms with Gasteiger partial charge in [0.15, 0.2) is 0 Å². The summed E-state index contributed by atoms with van der Waals surface area (Å²) in [7, 11) is 1.55. The number of benzene rings is 3. The Morgan fingerprint density at radius 3 is 2.66 bits per heavy atom. The van der Waals surface area contributed by atoms with Gasteiger partial charge in [0, 0.05) is 10.6 Å². The molecule has 0 radical (unpaired) electrons. The number of hydrogen-bond acceptors (Lipinski definition) is 4. The van der Waals surface area contributed by atoms with E-state index < -0.39 is 0 Å². The molecule has 3 rings (SSSR count). The molecular formula is C22H18BrClN2O3. The maximum atomic E-state index is 12.1. The summed E-state index contributed by atoms with van der Waals surface area (Å²) in [6, 6.07) is 19.9. The molecule has 5 nitrogen and oxygen atoms in total. The van der Waals surface area contributed by atoms with Gasteiger partial charge in [-0.05, 0) is 75.6 Å². The van der Waals surface area contributed by atoms with E-state index in [9.17, 15) is 4.79 Å². The number of ether oxygens (including phenoxy) is 2. The summed E-state index contributed by atoms with van der Waals surface area (Å²) in [5, 5.41) is 4.70. The highest BCUT2D eigenvalue weighted by atomic mass is 79.9. The quantitative estimate of drug-likeness (QED) is 0.366. The van der Waals surface area contributed by atoms with E-state index in [-0.39, 0.29) is 5.91 Å². The average Bonchev–Trinajstić information content (AvgIpc) is 2.74. The molecule has 0 saturated heterocycles. The molecule has 7 heteroatoms. The van der Waals surface area contributed by atoms with Crippen LogP contribution in [0.2, 0.25) is 5.02 Å². The van der Waals surface area contributed by atoms with Crippen molar-refractivity contribution in [2.75, 3.05) is 7.11 Å². The first kappa shape index (κ1) is 20.9. The number of nitrogens with zero attached hydrogens (tertiary/aromatic N) is 1. The Bertz CT molecular complexity index is 1020. The van der Waals surface area contributed by atoms with Crippen LogP contribution >= 0.6 is 27.5 Å². The van der Waals surface area contributed by atoms with E-state index in [1.807, 2.05) is 42.5 Å². The Labute approximate surface area is 182 Å². The van der Waals surface area contributed by atoms with Crippen molar-refractivity contribution in [3.63, 3.8) is 0 Å². The van der Waals surface area contributed by atoms with Crippen LogP contribution in [0.25, 0.3) is 0 Å². The predicted octanol–water partition coefficient (Wildman–Crippen LogP) is 5.45. The van der Waals surface area contributed by atoms with Crippen LogP contribution in [0.3, 0.4) is 0 Å². The van der Waals surface area contributed by atoms with Crippen LogP contribution in [0.1, 0.15) is 21.5 Å². The van der Waals surface area contributed by atoms with Crippen molar-refractivity contribution in [2.45, 2.75) is 6.61 Å². The number of amides is 1. The highest BCUT2D eigenvalue weighted by Gasteiger charge is 2.06. The summed E-state index contributed by atoms with van der Waals surface area (Å²) < 4.78 is 11.7. The number of nitrogens with one attached hydrogen (secondary N) is 1. The monoisotopic (exact) mass is 472 g/mol. The number of rotatable bonds is 7. The Morgan fingerprint density at radius 1 is 1.14 bits per heavy atom. The SMILES string of the molecule is COc1cccc(C(=O)N/N=C/c2ccc(OCc3ccc(Cl)cc3)c(Br)c2)c1. The molecule has 0 heterocycles. The Hall–Kier alpha value is -2.83. The molecule has 0 unspecified atom stereocenters. The van der Waals surface area contributed by atoms with Crippen molar-refractivity contribution in [3.8, 4) is 11.5 Å². The van der Waals surface area contributed by atoms with E-state index in [2.05, 4.69) is 26.5 Å². The molecule has 29 heavy (non-hydrogen) atoms. The lowest BCUT2D eigenvalue weighted by atomic mass is 10.2. The molecular weight excluding hydrogens is 456 g/mol. The first-order valence-corrected chi connectivity index (χ1v) is 9.86. The highest BCUT2D eigenvalue weighted by Crippen LogP contribution is 2.26. The predicted molar refractivity (Wildman–Crippen MR) is 118 cm³/mol. The van der Waals surface area contributed by atoms with Crippen molar-refractivity contribution in [2.24, 2.45) is 5.10 Å². The second-order valence-corrected chi connectivity index (χ2v) is 7.33. The smallest absolute Gasteiger partial charge is 0.271 e. The first-order valence-electron chi connectivity index (χ1n) is 8.69. The third-order valence-corrected chi connectivity index (χ3v) is 4.85. The van der Waals surface area contributed by atoms with Gasteiger partial charge in [-0.3, -0.25) is 4.79 Å². The molecule has 0 aliphatic rings. The molecule has 0 aliphatic heterocycles. The lowest BCUT2D eigenvalue weighted by Crippen LogP contribution is -2.17. The number of halogens is 2. The summed E-state index contributed by atoms with van der Waals surface area (Å²) in [6.07, 6.45) is 1.56. The molecule has 3 aromatic carbocycles. The van der Waals surface area contributed by atoms with E-state index in [1.54, 1.807) is 37.6 Å². The molecule has 0 bridgehead atoms. The molecule has 0 spiro atoms. The summed E-state index contributed by atoms with van der Waals surface area (Å²) in [4.78, 5) is 12.1. The number of hydrogen-bond donors (Lipinski definition) is 1. The average molecular weight is 474 g/mol. The molecule has 0 aliphatic carbocycles. The molecule has 0 atom stereocenters. The van der Waals surface area contributed by atoms with Crippen LogP contribution in [0.5, 0.6) is 11.5 Å². The molecule has 148 valence electrons. The fourth-order valence-electron chi connectivity index (χ4n) is 2.45. The van der Waals surface area contributed by atoms with Crippen molar-refractivity contribution >= 4 is 39.7 Å². The lowest BCUT2D eigenvalue weighted by Gasteiger charge is -2.09. The Morgan fingerprint density at radius 2 is 1.93 bits per heavy atom. The van der Waals surface area contributed by atoms with Crippen molar-refractivity contribution < 1.29 is 14.3 Å². The van der Waals surface area contributed by atoms with E-state index in [1.165, 1.54) is 0 Å². The van der Waals surface area contributed by atoms with Gasteiger partial charge in [0.05, 0.1) is 17.8 Å². The van der Waals surface area contributed by atoms with Gasteiger partial charge in [-0.2, -0.15) is 5.10 Å². The summed E-state index contributed by atoms with van der Waals surface area (Å²) >= 11 is 9.39. The van der Waals surface area contributed by atoms with Gasteiger partial charge in [0.2, 0.25) is 0 Å². The van der Waals surface area contributed by atoms with Gasteiger partial charge in [-0.1, -0.05) is 29.8 Å². The Balaban J connectivity index is 1.57. The van der Waals surface area contributed by atoms with Crippen LogP contribution in [0.4, 0.5) is 0 Å². The van der Waals surface area contributed by atoms with Crippen LogP contribution in [0, 0.1) is 0 Å². The van der Waals surface area contributed by atoms with Gasteiger partial charge in [0.1, 0.15) is 18.1 Å². The number of carbonyl (C=O) groups excluding carboxylic acids is 1. The van der Waals surface area contributed by atoms with Gasteiger partial charge in [0.25, 0.3) is 5.91 Å². The lowest BCUT2D eigenvalue weighted by molar-refractivity contribution is 0.0955. The van der Waals surface area contributed by atoms with Crippen LogP contribution in [0.15, 0.2) is 76.3 Å². The minimum atomic E-state index is -0.317. The third-order valence-electron chi connectivity index (χ3n) is 3.98. The number of carbonyl (C=O) groups is 1. The van der Waals surface area contributed by atoms with Gasteiger partial charge in [-0.25, -0.2) is 5.43 Å². The second kappa shape index (κ2) is 10.1. The summed E-state index contributed by atoms with van der Waals surface area (Å²) in [6.45, 7) is 0.430. The zero-order valence-electron chi connectivity index (χ0n) is 15.6. The number of methoxy groups -OCH3 is 1. The molecule has 1 N–H and O–H groups in total. The largest absolute Gasteiger partial charge is 0.497 e. The van der Waals surface area contributed by atoms with Gasteiger partial charge in [-0.15, -0.1) is 0 Å². The minimum absolute atomic E-state index is 0.317. The fraction of sp³-hybridized carbons (Fsp3) is 0.0909. The molecule has 0 saturated carbocycles. The van der Waals surface area contributed by atoms with Crippen LogP contribution in [-0.2, 0) is 6.61 Å². The topological polar surface area (TPSA) is 59.9 Å². The van der Waals surface area contributed by atoms with Crippen LogP contribution in [-0.4, -0.2) is 19.2 Å². The second-order valence-electron chi connectivity index (χ2n) is 6.04. The Kier molecular flexibility index (Phi) is 7.27. The number of hydrazone groups is 1. The molecule has 0 fully saturated rings. The van der Waals surface area contributed by atoms with Gasteiger partial charge < -0.3 is 9.47 Å². The zero-order valence-corrected chi connectivity index (χ0v) is 17.9. The van der Waals surface area contributed by atoms with Crippen molar-refractivity contribution in [1.29, 1.82) is 0 Å².